The zero-order valence-electron chi connectivity index (χ0n) is 9.00. The van der Waals surface area contributed by atoms with Gasteiger partial charge >= 0.3 is 0 Å². The van der Waals surface area contributed by atoms with Crippen LogP contribution in [0, 0.1) is 0 Å². The largest absolute Gasteiger partial charge is 0.395 e. The summed E-state index contributed by atoms with van der Waals surface area (Å²) in [7, 11) is -3.64. The van der Waals surface area contributed by atoms with Crippen LogP contribution in [0.5, 0.6) is 0 Å². The number of nitrogens with two attached hydrogens (primary N) is 2. The molecule has 94 valence electrons. The molecule has 1 aromatic carbocycles. The summed E-state index contributed by atoms with van der Waals surface area (Å²) >= 11 is 0. The van der Waals surface area contributed by atoms with E-state index in [4.69, 9.17) is 16.6 Å². The lowest BCUT2D eigenvalue weighted by molar-refractivity contribution is 0.301. The van der Waals surface area contributed by atoms with Crippen LogP contribution in [0.4, 0.5) is 5.69 Å². The molecule has 17 heavy (non-hydrogen) atoms. The highest BCUT2D eigenvalue weighted by Gasteiger charge is 2.13. The Kier molecular flexibility index (Phi) is 4.44. The molecule has 0 aliphatic carbocycles. The maximum Gasteiger partial charge on any atom is 0.240 e. The number of nitrogens with one attached hydrogen (secondary N) is 1. The Balaban J connectivity index is 3.03. The standard InChI is InChI=1S/C9H14N4O3S/c10-9(11)13-7-2-1-3-8(6-7)17(15,16)12-4-5-14/h1-3,6,12,14H,4-5H2,(H4,10,11,13). The Morgan fingerprint density at radius 3 is 2.71 bits per heavy atom. The highest BCUT2D eigenvalue weighted by molar-refractivity contribution is 7.89. The van der Waals surface area contributed by atoms with Gasteiger partial charge in [-0.25, -0.2) is 18.1 Å². The van der Waals surface area contributed by atoms with E-state index in [1.165, 1.54) is 18.2 Å². The molecular formula is C9H14N4O3S. The fourth-order valence-corrected chi connectivity index (χ4v) is 2.19. The second-order valence-corrected chi connectivity index (χ2v) is 4.92. The number of aliphatic hydroxyl groups is 1. The van der Waals surface area contributed by atoms with Crippen LogP contribution in [0.2, 0.25) is 0 Å². The van der Waals surface area contributed by atoms with E-state index < -0.39 is 10.0 Å². The molecule has 0 saturated heterocycles. The summed E-state index contributed by atoms with van der Waals surface area (Å²) in [4.78, 5) is 3.78. The lowest BCUT2D eigenvalue weighted by atomic mass is 10.3. The number of sulfonamides is 1. The van der Waals surface area contributed by atoms with Gasteiger partial charge in [-0.15, -0.1) is 0 Å². The van der Waals surface area contributed by atoms with Gasteiger partial charge in [-0.3, -0.25) is 0 Å². The van der Waals surface area contributed by atoms with Crippen LogP contribution in [-0.4, -0.2) is 32.6 Å². The summed E-state index contributed by atoms with van der Waals surface area (Å²) in [6.07, 6.45) is 0. The number of hydrogen-bond donors (Lipinski definition) is 4. The van der Waals surface area contributed by atoms with Crippen molar-refractivity contribution in [3.8, 4) is 0 Å². The monoisotopic (exact) mass is 258 g/mol. The summed E-state index contributed by atoms with van der Waals surface area (Å²) in [6, 6.07) is 5.84. The van der Waals surface area contributed by atoms with Crippen molar-refractivity contribution in [2.45, 2.75) is 4.90 Å². The predicted molar refractivity (Wildman–Crippen MR) is 64.2 cm³/mol. The van der Waals surface area contributed by atoms with E-state index in [0.29, 0.717) is 5.69 Å². The van der Waals surface area contributed by atoms with E-state index in [1.54, 1.807) is 6.07 Å². The third kappa shape index (κ3) is 4.02. The molecule has 0 unspecified atom stereocenters. The third-order valence-electron chi connectivity index (χ3n) is 1.79. The van der Waals surface area contributed by atoms with Crippen molar-refractivity contribution >= 4 is 21.7 Å². The van der Waals surface area contributed by atoms with Crippen LogP contribution in [0.1, 0.15) is 0 Å². The van der Waals surface area contributed by atoms with E-state index in [-0.39, 0.29) is 24.0 Å². The molecule has 8 heteroatoms. The lowest BCUT2D eigenvalue weighted by Crippen LogP contribution is -2.26. The van der Waals surface area contributed by atoms with Gasteiger partial charge in [0.25, 0.3) is 0 Å². The molecule has 0 spiro atoms. The van der Waals surface area contributed by atoms with E-state index in [1.807, 2.05) is 0 Å². The van der Waals surface area contributed by atoms with Crippen LogP contribution in [0.15, 0.2) is 34.2 Å². The van der Waals surface area contributed by atoms with Crippen LogP contribution in [-0.2, 0) is 10.0 Å². The lowest BCUT2D eigenvalue weighted by Gasteiger charge is -2.05. The van der Waals surface area contributed by atoms with Crippen molar-refractivity contribution in [1.29, 1.82) is 0 Å². The van der Waals surface area contributed by atoms with Gasteiger partial charge in [0.05, 0.1) is 17.2 Å². The molecule has 6 N–H and O–H groups in total. The quantitative estimate of drug-likeness (QED) is 0.392. The van der Waals surface area contributed by atoms with Gasteiger partial charge in [-0.2, -0.15) is 0 Å². The average molecular weight is 258 g/mol. The molecule has 0 radical (unpaired) electrons. The SMILES string of the molecule is NC(N)=Nc1cccc(S(=O)(=O)NCCO)c1. The summed E-state index contributed by atoms with van der Waals surface area (Å²) < 4.78 is 25.6. The first-order valence-corrected chi connectivity index (χ1v) is 6.24. The van der Waals surface area contributed by atoms with Gasteiger partial charge in [-0.1, -0.05) is 6.07 Å². The Labute approximate surface area is 99.2 Å². The number of rotatable bonds is 5. The predicted octanol–water partition coefficient (Wildman–Crippen LogP) is -1.14. The molecule has 0 fully saturated rings. The number of guanidine groups is 1. The smallest absolute Gasteiger partial charge is 0.240 e. The summed E-state index contributed by atoms with van der Waals surface area (Å²) in [5, 5.41) is 8.57. The average Bonchev–Trinajstić information content (AvgIpc) is 2.26. The molecule has 0 amide bonds. The van der Waals surface area contributed by atoms with Gasteiger partial charge in [-0.05, 0) is 18.2 Å². The number of hydrogen-bond acceptors (Lipinski definition) is 4. The van der Waals surface area contributed by atoms with Crippen LogP contribution < -0.4 is 16.2 Å². The van der Waals surface area contributed by atoms with Gasteiger partial charge in [0.2, 0.25) is 10.0 Å². The molecule has 0 atom stereocenters. The maximum atomic E-state index is 11.7. The van der Waals surface area contributed by atoms with Crippen molar-refractivity contribution in [3.63, 3.8) is 0 Å². The second kappa shape index (κ2) is 5.62. The molecule has 0 heterocycles. The molecular weight excluding hydrogens is 244 g/mol. The van der Waals surface area contributed by atoms with E-state index in [9.17, 15) is 8.42 Å². The Morgan fingerprint density at radius 2 is 2.12 bits per heavy atom. The molecule has 0 aromatic heterocycles. The number of benzene rings is 1. The number of aliphatic hydroxyl groups excluding tert-OH is 1. The first kappa shape index (κ1) is 13.4. The van der Waals surface area contributed by atoms with E-state index in [2.05, 4.69) is 9.71 Å². The van der Waals surface area contributed by atoms with Gasteiger partial charge < -0.3 is 16.6 Å². The van der Waals surface area contributed by atoms with Crippen molar-refractivity contribution in [1.82, 2.24) is 4.72 Å². The van der Waals surface area contributed by atoms with Crippen LogP contribution in [0.3, 0.4) is 0 Å². The molecule has 0 aliphatic heterocycles. The second-order valence-electron chi connectivity index (χ2n) is 3.16. The molecule has 1 aromatic rings. The minimum atomic E-state index is -3.64. The van der Waals surface area contributed by atoms with Crippen molar-refractivity contribution < 1.29 is 13.5 Å². The Morgan fingerprint density at radius 1 is 1.41 bits per heavy atom. The third-order valence-corrected chi connectivity index (χ3v) is 3.25. The van der Waals surface area contributed by atoms with Gasteiger partial charge in [0.1, 0.15) is 0 Å². The first-order chi connectivity index (χ1) is 7.95. The molecule has 0 bridgehead atoms. The maximum absolute atomic E-state index is 11.7. The Bertz CT molecular complexity index is 509. The molecule has 7 nitrogen and oxygen atoms in total. The highest BCUT2D eigenvalue weighted by Crippen LogP contribution is 2.17. The topological polar surface area (TPSA) is 131 Å². The van der Waals surface area contributed by atoms with E-state index >= 15 is 0 Å². The minimum Gasteiger partial charge on any atom is -0.395 e. The summed E-state index contributed by atoms with van der Waals surface area (Å²) in [5.74, 6) is -0.150. The highest BCUT2D eigenvalue weighted by atomic mass is 32.2. The molecule has 0 saturated carbocycles. The van der Waals surface area contributed by atoms with Crippen molar-refractivity contribution in [2.24, 2.45) is 16.5 Å². The number of nitrogens with zero attached hydrogens (tertiary/aromatic N) is 1. The van der Waals surface area contributed by atoms with Crippen LogP contribution >= 0.6 is 0 Å². The van der Waals surface area contributed by atoms with Gasteiger partial charge in [0, 0.05) is 6.54 Å². The molecule has 0 aliphatic rings. The van der Waals surface area contributed by atoms with E-state index in [0.717, 1.165) is 0 Å². The molecule has 1 rings (SSSR count). The number of aliphatic imine (C=N–C) groups is 1. The summed E-state index contributed by atoms with van der Waals surface area (Å²) in [5.41, 5.74) is 10.7. The van der Waals surface area contributed by atoms with Crippen molar-refractivity contribution in [3.05, 3.63) is 24.3 Å². The normalized spacial score (nSPS) is 11.1. The minimum absolute atomic E-state index is 0.0356. The van der Waals surface area contributed by atoms with Crippen molar-refractivity contribution in [2.75, 3.05) is 13.2 Å². The fourth-order valence-electron chi connectivity index (χ4n) is 1.13. The fraction of sp³-hybridized carbons (Fsp3) is 0.222. The van der Waals surface area contributed by atoms with Crippen LogP contribution in [0.25, 0.3) is 0 Å². The first-order valence-electron chi connectivity index (χ1n) is 4.76. The zero-order valence-corrected chi connectivity index (χ0v) is 9.81. The Hall–Kier alpha value is -1.64. The van der Waals surface area contributed by atoms with Gasteiger partial charge in [0.15, 0.2) is 5.96 Å². The zero-order chi connectivity index (χ0) is 12.9. The summed E-state index contributed by atoms with van der Waals surface area (Å²) in [6.45, 7) is -0.318.